The predicted octanol–water partition coefficient (Wildman–Crippen LogP) is 7.32. The van der Waals surface area contributed by atoms with Gasteiger partial charge in [0, 0.05) is 50.0 Å². The first kappa shape index (κ1) is 24.0. The van der Waals surface area contributed by atoms with Crippen LogP contribution in [0.4, 0.5) is 0 Å². The number of ether oxygens (including phenoxy) is 1. The van der Waals surface area contributed by atoms with Crippen LogP contribution in [0, 0.1) is 6.07 Å². The van der Waals surface area contributed by atoms with Crippen molar-refractivity contribution >= 4 is 32.7 Å². The molecule has 0 amide bonds. The van der Waals surface area contributed by atoms with Crippen LogP contribution in [-0.2, 0) is 26.5 Å². The Morgan fingerprint density at radius 1 is 0.833 bits per heavy atom. The maximum atomic E-state index is 10.5. The molecule has 1 N–H and O–H groups in total. The molecule has 0 atom stereocenters. The fourth-order valence-electron chi connectivity index (χ4n) is 4.67. The van der Waals surface area contributed by atoms with Gasteiger partial charge in [0.2, 0.25) is 5.88 Å². The molecule has 0 saturated carbocycles. The minimum absolute atomic E-state index is 0. The summed E-state index contributed by atoms with van der Waals surface area (Å²) in [6.07, 6.45) is 1.79. The molecule has 0 aliphatic heterocycles. The average molecular weight is 654 g/mol. The third-order valence-electron chi connectivity index (χ3n) is 6.27. The average Bonchev–Trinajstić information content (AvgIpc) is 3.18. The van der Waals surface area contributed by atoms with Gasteiger partial charge in [-0.25, -0.2) is 9.97 Å². The number of phenols is 1. The van der Waals surface area contributed by atoms with E-state index in [1.165, 1.54) is 0 Å². The Morgan fingerprint density at radius 2 is 1.61 bits per heavy atom. The van der Waals surface area contributed by atoms with Crippen molar-refractivity contribution in [1.82, 2.24) is 14.5 Å². The summed E-state index contributed by atoms with van der Waals surface area (Å²) in [5, 5.41) is 13.6. The van der Waals surface area contributed by atoms with Crippen molar-refractivity contribution in [2.45, 2.75) is 26.2 Å². The number of fused-ring (bicyclic) bond motifs is 4. The molecule has 0 aliphatic rings. The van der Waals surface area contributed by atoms with Crippen molar-refractivity contribution in [2.24, 2.45) is 0 Å². The first-order valence-electron chi connectivity index (χ1n) is 11.6. The largest absolute Gasteiger partial charge is 0.506 e. The number of aromatic hydroxyl groups is 1. The van der Waals surface area contributed by atoms with E-state index in [9.17, 15) is 5.11 Å². The quantitative estimate of drug-likeness (QED) is 0.204. The second kappa shape index (κ2) is 9.07. The van der Waals surface area contributed by atoms with Crippen LogP contribution in [0.25, 0.3) is 38.5 Å². The third kappa shape index (κ3) is 4.04. The van der Waals surface area contributed by atoms with E-state index in [-0.39, 0.29) is 32.2 Å². The van der Waals surface area contributed by atoms with Gasteiger partial charge in [-0.15, -0.1) is 17.5 Å². The summed E-state index contributed by atoms with van der Waals surface area (Å²) >= 11 is 0. The third-order valence-corrected chi connectivity index (χ3v) is 6.27. The Balaban J connectivity index is 0.00000267. The molecule has 3 aromatic carbocycles. The number of phenolic OH excluding ortho intramolecular Hbond substituents is 1. The molecule has 0 saturated heterocycles. The van der Waals surface area contributed by atoms with Crippen LogP contribution in [-0.4, -0.2) is 19.6 Å². The number of nitrogens with zero attached hydrogens (tertiary/aromatic N) is 3. The van der Waals surface area contributed by atoms with Crippen molar-refractivity contribution in [2.75, 3.05) is 0 Å². The van der Waals surface area contributed by atoms with Crippen LogP contribution in [0.1, 0.15) is 26.3 Å². The van der Waals surface area contributed by atoms with Crippen molar-refractivity contribution in [3.05, 3.63) is 96.7 Å². The Kier molecular flexibility index (Phi) is 6.05. The molecule has 6 heteroatoms. The molecule has 0 radical (unpaired) electrons. The molecule has 5 nitrogen and oxygen atoms in total. The molecule has 0 bridgehead atoms. The fourth-order valence-corrected chi connectivity index (χ4v) is 4.67. The van der Waals surface area contributed by atoms with Crippen LogP contribution in [0.2, 0.25) is 0 Å². The van der Waals surface area contributed by atoms with E-state index in [4.69, 9.17) is 4.74 Å². The zero-order valence-electron chi connectivity index (χ0n) is 20.1. The van der Waals surface area contributed by atoms with Crippen molar-refractivity contribution < 1.29 is 30.9 Å². The Morgan fingerprint density at radius 3 is 2.39 bits per heavy atom. The van der Waals surface area contributed by atoms with Crippen LogP contribution in [0.15, 0.2) is 85.1 Å². The maximum Gasteiger partial charge on any atom is 0.217 e. The zero-order chi connectivity index (χ0) is 24.2. The Labute approximate surface area is 223 Å². The fraction of sp³-hybridized carbons (Fsp3) is 0.133. The second-order valence-electron chi connectivity index (χ2n) is 9.66. The SMILES string of the molecule is CC(C)(C)c1ccc(O)c2nc(Oc3[c-]c4c(cc3)c3ccccc3n4-c3ccccn3)ccc12.[Pt]. The number of hydrogen-bond donors (Lipinski definition) is 1. The number of pyridine rings is 2. The summed E-state index contributed by atoms with van der Waals surface area (Å²) in [7, 11) is 0. The van der Waals surface area contributed by atoms with Gasteiger partial charge in [-0.1, -0.05) is 56.6 Å². The van der Waals surface area contributed by atoms with Gasteiger partial charge in [0.1, 0.15) is 17.1 Å². The summed E-state index contributed by atoms with van der Waals surface area (Å²) in [5.41, 5.74) is 3.50. The molecule has 0 unspecified atom stereocenters. The minimum atomic E-state index is -0.0757. The van der Waals surface area contributed by atoms with Crippen LogP contribution >= 0.6 is 0 Å². The molecule has 182 valence electrons. The summed E-state index contributed by atoms with van der Waals surface area (Å²) in [5.74, 6) is 1.88. The zero-order valence-corrected chi connectivity index (χ0v) is 22.4. The van der Waals surface area contributed by atoms with Gasteiger partial charge >= 0.3 is 0 Å². The van der Waals surface area contributed by atoms with Gasteiger partial charge in [-0.3, -0.25) is 0 Å². The monoisotopic (exact) mass is 653 g/mol. The smallest absolute Gasteiger partial charge is 0.217 e. The molecule has 6 rings (SSSR count). The molecule has 3 aromatic heterocycles. The van der Waals surface area contributed by atoms with Crippen molar-refractivity contribution in [1.29, 1.82) is 0 Å². The molecular formula is C30H24N3O2Pt-. The van der Waals surface area contributed by atoms with Crippen molar-refractivity contribution in [3.8, 4) is 23.2 Å². The van der Waals surface area contributed by atoms with E-state index < -0.39 is 0 Å². The summed E-state index contributed by atoms with van der Waals surface area (Å²) in [4.78, 5) is 9.21. The minimum Gasteiger partial charge on any atom is -0.506 e. The van der Waals surface area contributed by atoms with Gasteiger partial charge in [0.05, 0.1) is 0 Å². The van der Waals surface area contributed by atoms with Gasteiger partial charge in [-0.2, -0.15) is 6.07 Å². The van der Waals surface area contributed by atoms with E-state index in [2.05, 4.69) is 53.5 Å². The molecule has 0 fully saturated rings. The standard InChI is InChI=1S/C30H24N3O2.Pt/c1-30(2,3)23-14-15-26(34)29-22(23)13-16-28(32-29)35-19-11-12-21-20-8-4-5-9-24(20)33(25(21)18-19)27-10-6-7-17-31-27;/h4-17,34H,1-3H3;/q-1;. The van der Waals surface area contributed by atoms with Gasteiger partial charge < -0.3 is 14.4 Å². The first-order valence-corrected chi connectivity index (χ1v) is 11.6. The number of hydrogen-bond acceptors (Lipinski definition) is 4. The second-order valence-corrected chi connectivity index (χ2v) is 9.66. The van der Waals surface area contributed by atoms with E-state index in [1.807, 2.05) is 60.7 Å². The van der Waals surface area contributed by atoms with E-state index in [0.29, 0.717) is 17.1 Å². The summed E-state index contributed by atoms with van der Waals surface area (Å²) < 4.78 is 8.24. The molecule has 6 aromatic rings. The van der Waals surface area contributed by atoms with E-state index in [0.717, 1.165) is 38.6 Å². The Hall–Kier alpha value is -3.69. The molecule has 36 heavy (non-hydrogen) atoms. The summed E-state index contributed by atoms with van der Waals surface area (Å²) in [6.45, 7) is 6.44. The molecule has 0 spiro atoms. The number of aromatic nitrogens is 3. The topological polar surface area (TPSA) is 60.2 Å². The van der Waals surface area contributed by atoms with Crippen LogP contribution < -0.4 is 4.74 Å². The molecule has 3 heterocycles. The first-order chi connectivity index (χ1) is 16.9. The van der Waals surface area contributed by atoms with Gasteiger partial charge in [0.25, 0.3) is 0 Å². The molecular weight excluding hydrogens is 629 g/mol. The number of para-hydroxylation sites is 1. The predicted molar refractivity (Wildman–Crippen MR) is 140 cm³/mol. The number of benzene rings is 3. The van der Waals surface area contributed by atoms with Crippen molar-refractivity contribution in [3.63, 3.8) is 0 Å². The maximum absolute atomic E-state index is 10.5. The normalized spacial score (nSPS) is 11.6. The summed E-state index contributed by atoms with van der Waals surface area (Å²) in [6, 6.07) is 28.9. The van der Waals surface area contributed by atoms with Crippen LogP contribution in [0.5, 0.6) is 17.4 Å². The number of rotatable bonds is 3. The van der Waals surface area contributed by atoms with Gasteiger partial charge in [-0.05, 0) is 46.7 Å². The van der Waals surface area contributed by atoms with E-state index >= 15 is 0 Å². The Bertz CT molecular complexity index is 1720. The van der Waals surface area contributed by atoms with Gasteiger partial charge in [0.15, 0.2) is 0 Å². The van der Waals surface area contributed by atoms with Crippen LogP contribution in [0.3, 0.4) is 0 Å². The molecule has 0 aliphatic carbocycles. The van der Waals surface area contributed by atoms with E-state index in [1.54, 1.807) is 12.3 Å².